The number of benzene rings is 1. The van der Waals surface area contributed by atoms with Gasteiger partial charge in [-0.15, -0.1) is 0 Å². The van der Waals surface area contributed by atoms with Crippen LogP contribution in [0.2, 0.25) is 0 Å². The van der Waals surface area contributed by atoms with Gasteiger partial charge in [-0.2, -0.15) is 13.2 Å². The van der Waals surface area contributed by atoms with Gasteiger partial charge in [-0.05, 0) is 43.7 Å². The average Bonchev–Trinajstić information content (AvgIpc) is 3.13. The average molecular weight is 437 g/mol. The van der Waals surface area contributed by atoms with Crippen LogP contribution in [0.4, 0.5) is 13.2 Å². The molecule has 0 atom stereocenters. The lowest BCUT2D eigenvalue weighted by Crippen LogP contribution is -2.34. The summed E-state index contributed by atoms with van der Waals surface area (Å²) in [5, 5.41) is 12.0. The number of nitrogens with one attached hydrogen (secondary N) is 1. The second-order valence-corrected chi connectivity index (χ2v) is 7.40. The Balaban J connectivity index is 2.06. The van der Waals surface area contributed by atoms with Gasteiger partial charge in [0.25, 0.3) is 5.91 Å². The monoisotopic (exact) mass is 437 g/mol. The minimum absolute atomic E-state index is 0.0529. The molecule has 0 saturated heterocycles. The van der Waals surface area contributed by atoms with Gasteiger partial charge in [0.2, 0.25) is 0 Å². The predicted molar refractivity (Wildman–Crippen MR) is 107 cm³/mol. The van der Waals surface area contributed by atoms with E-state index in [2.05, 4.69) is 4.98 Å². The van der Waals surface area contributed by atoms with Crippen molar-refractivity contribution < 1.29 is 32.5 Å². The van der Waals surface area contributed by atoms with E-state index < -0.39 is 24.2 Å². The Kier molecular flexibility index (Phi) is 5.86. The van der Waals surface area contributed by atoms with Crippen LogP contribution in [0.1, 0.15) is 29.8 Å². The molecule has 31 heavy (non-hydrogen) atoms. The highest BCUT2D eigenvalue weighted by molar-refractivity contribution is 6.00. The fraction of sp³-hybridized carbons (Fsp3) is 0.333. The van der Waals surface area contributed by atoms with Gasteiger partial charge in [0.1, 0.15) is 29.3 Å². The van der Waals surface area contributed by atoms with Gasteiger partial charge < -0.3 is 19.9 Å². The van der Waals surface area contributed by atoms with Crippen LogP contribution >= 0.6 is 0 Å². The first-order valence-electron chi connectivity index (χ1n) is 9.26. The van der Waals surface area contributed by atoms with Gasteiger partial charge in [-0.25, -0.2) is 4.98 Å². The fourth-order valence-electron chi connectivity index (χ4n) is 3.13. The van der Waals surface area contributed by atoms with E-state index in [9.17, 15) is 23.1 Å². The first-order chi connectivity index (χ1) is 14.4. The second kappa shape index (κ2) is 8.10. The summed E-state index contributed by atoms with van der Waals surface area (Å²) in [6, 6.07) is 6.55. The third-order valence-corrected chi connectivity index (χ3v) is 4.70. The molecule has 0 aliphatic rings. The Morgan fingerprint density at radius 3 is 2.29 bits per heavy atom. The van der Waals surface area contributed by atoms with Crippen molar-refractivity contribution in [2.24, 2.45) is 0 Å². The van der Waals surface area contributed by atoms with Gasteiger partial charge in [0.05, 0.1) is 31.7 Å². The van der Waals surface area contributed by atoms with Crippen LogP contribution in [-0.4, -0.2) is 47.3 Å². The molecule has 1 aromatic carbocycles. The second-order valence-electron chi connectivity index (χ2n) is 7.40. The molecule has 2 aromatic heterocycles. The summed E-state index contributed by atoms with van der Waals surface area (Å²) < 4.78 is 49.8. The van der Waals surface area contributed by atoms with Crippen LogP contribution in [0.3, 0.4) is 0 Å². The van der Waals surface area contributed by atoms with Crippen molar-refractivity contribution in [2.75, 3.05) is 20.8 Å². The van der Waals surface area contributed by atoms with Gasteiger partial charge in [0, 0.05) is 11.8 Å². The fourth-order valence-corrected chi connectivity index (χ4v) is 3.13. The molecule has 10 heteroatoms. The largest absolute Gasteiger partial charge is 0.496 e. The van der Waals surface area contributed by atoms with Crippen molar-refractivity contribution in [3.05, 3.63) is 47.8 Å². The van der Waals surface area contributed by atoms with Crippen LogP contribution in [0, 0.1) is 0 Å². The normalized spacial score (nSPS) is 12.1. The van der Waals surface area contributed by atoms with E-state index in [-0.39, 0.29) is 17.1 Å². The zero-order valence-corrected chi connectivity index (χ0v) is 17.4. The smallest absolute Gasteiger partial charge is 0.405 e. The third kappa shape index (κ3) is 4.74. The molecule has 2 heterocycles. The van der Waals surface area contributed by atoms with Crippen LogP contribution in [-0.2, 0) is 5.60 Å². The maximum atomic E-state index is 12.5. The number of halogens is 3. The van der Waals surface area contributed by atoms with E-state index >= 15 is 0 Å². The lowest BCUT2D eigenvalue weighted by atomic mass is 10.00. The van der Waals surface area contributed by atoms with E-state index in [0.29, 0.717) is 22.5 Å². The molecular weight excluding hydrogens is 415 g/mol. The van der Waals surface area contributed by atoms with E-state index in [1.165, 1.54) is 26.4 Å². The Labute approximate surface area is 176 Å². The molecular formula is C21H22F3N3O4. The van der Waals surface area contributed by atoms with Gasteiger partial charge in [-0.1, -0.05) is 0 Å². The molecule has 0 saturated carbocycles. The lowest BCUT2D eigenvalue weighted by Gasteiger charge is -2.18. The van der Waals surface area contributed by atoms with Gasteiger partial charge in [-0.3, -0.25) is 9.20 Å². The maximum Gasteiger partial charge on any atom is 0.405 e. The Hall–Kier alpha value is -3.27. The van der Waals surface area contributed by atoms with Crippen molar-refractivity contribution in [3.8, 4) is 22.8 Å². The standard InChI is InChI=1S/C21H22F3N3O4/c1-20(2,29)13-5-6-27-14(10-25-17(27)9-13)12-7-15(30-3)18(16(8-12)31-4)19(28)26-11-21(22,23)24/h5-10,29H,11H2,1-4H3,(H,26,28). The minimum Gasteiger partial charge on any atom is -0.496 e. The molecule has 3 aromatic rings. The molecule has 0 fully saturated rings. The van der Waals surface area contributed by atoms with Gasteiger partial charge in [0.15, 0.2) is 0 Å². The molecule has 0 unspecified atom stereocenters. The summed E-state index contributed by atoms with van der Waals surface area (Å²) in [5.74, 6) is -0.861. The van der Waals surface area contributed by atoms with E-state index in [1.54, 1.807) is 42.8 Å². The Morgan fingerprint density at radius 1 is 1.16 bits per heavy atom. The minimum atomic E-state index is -4.55. The first kappa shape index (κ1) is 22.4. The SMILES string of the molecule is COc1cc(-c2cnc3cc(C(C)(C)O)ccn23)cc(OC)c1C(=O)NCC(F)(F)F. The summed E-state index contributed by atoms with van der Waals surface area (Å²) in [4.78, 5) is 16.7. The molecule has 166 valence electrons. The summed E-state index contributed by atoms with van der Waals surface area (Å²) in [7, 11) is 2.62. The Morgan fingerprint density at radius 2 is 1.77 bits per heavy atom. The van der Waals surface area contributed by atoms with Crippen LogP contribution in [0.25, 0.3) is 16.9 Å². The number of alkyl halides is 3. The molecule has 0 bridgehead atoms. The number of carbonyl (C=O) groups is 1. The number of methoxy groups -OCH3 is 2. The number of rotatable bonds is 6. The number of carbonyl (C=O) groups excluding carboxylic acids is 1. The number of hydrogen-bond acceptors (Lipinski definition) is 5. The van der Waals surface area contributed by atoms with Crippen molar-refractivity contribution in [1.29, 1.82) is 0 Å². The van der Waals surface area contributed by atoms with Crippen molar-refractivity contribution in [1.82, 2.24) is 14.7 Å². The molecule has 0 aliphatic heterocycles. The number of hydrogen-bond donors (Lipinski definition) is 2. The molecule has 7 nitrogen and oxygen atoms in total. The number of imidazole rings is 1. The van der Waals surface area contributed by atoms with Crippen LogP contribution < -0.4 is 14.8 Å². The lowest BCUT2D eigenvalue weighted by molar-refractivity contribution is -0.123. The molecule has 1 amide bonds. The topological polar surface area (TPSA) is 85.1 Å². The van der Waals surface area contributed by atoms with Crippen molar-refractivity contribution >= 4 is 11.6 Å². The number of fused-ring (bicyclic) bond motifs is 1. The number of aliphatic hydroxyl groups is 1. The third-order valence-electron chi connectivity index (χ3n) is 4.70. The van der Waals surface area contributed by atoms with E-state index in [4.69, 9.17) is 9.47 Å². The van der Waals surface area contributed by atoms with Crippen molar-refractivity contribution in [3.63, 3.8) is 0 Å². The first-order valence-corrected chi connectivity index (χ1v) is 9.26. The van der Waals surface area contributed by atoms with E-state index in [0.717, 1.165) is 0 Å². The highest BCUT2D eigenvalue weighted by Gasteiger charge is 2.30. The number of ether oxygens (including phenoxy) is 2. The maximum absolute atomic E-state index is 12.5. The highest BCUT2D eigenvalue weighted by atomic mass is 19.4. The zero-order chi connectivity index (χ0) is 23.0. The zero-order valence-electron chi connectivity index (χ0n) is 17.4. The summed E-state index contributed by atoms with van der Waals surface area (Å²) in [6.07, 6.45) is -1.20. The molecule has 0 radical (unpaired) electrons. The number of amides is 1. The van der Waals surface area contributed by atoms with E-state index in [1.807, 2.05) is 5.32 Å². The molecule has 2 N–H and O–H groups in total. The summed E-state index contributed by atoms with van der Waals surface area (Å²) >= 11 is 0. The summed E-state index contributed by atoms with van der Waals surface area (Å²) in [5.41, 5.74) is 1.30. The van der Waals surface area contributed by atoms with Gasteiger partial charge >= 0.3 is 6.18 Å². The Bertz CT molecular complexity index is 1090. The number of nitrogens with zero attached hydrogens (tertiary/aromatic N) is 2. The highest BCUT2D eigenvalue weighted by Crippen LogP contribution is 2.36. The number of pyridine rings is 1. The van der Waals surface area contributed by atoms with Crippen LogP contribution in [0.5, 0.6) is 11.5 Å². The number of aromatic nitrogens is 2. The molecule has 3 rings (SSSR count). The molecule has 0 aliphatic carbocycles. The van der Waals surface area contributed by atoms with Crippen molar-refractivity contribution in [2.45, 2.75) is 25.6 Å². The summed E-state index contributed by atoms with van der Waals surface area (Å²) in [6.45, 7) is 1.86. The molecule has 0 spiro atoms. The predicted octanol–water partition coefficient (Wildman–Crippen LogP) is 3.54. The van der Waals surface area contributed by atoms with Crippen LogP contribution in [0.15, 0.2) is 36.7 Å². The quantitative estimate of drug-likeness (QED) is 0.616.